The zero-order valence-corrected chi connectivity index (χ0v) is 12.9. The van der Waals surface area contributed by atoms with Gasteiger partial charge in [-0.25, -0.2) is 0 Å². The zero-order chi connectivity index (χ0) is 15.7. The Balaban J connectivity index is 2.39. The van der Waals surface area contributed by atoms with Crippen LogP contribution in [0.1, 0.15) is 26.7 Å². The molecule has 0 heterocycles. The van der Waals surface area contributed by atoms with E-state index < -0.39 is 0 Å². The maximum absolute atomic E-state index is 11.7. The second-order valence-corrected chi connectivity index (χ2v) is 5.25. The van der Waals surface area contributed by atoms with Crippen molar-refractivity contribution >= 4 is 29.5 Å². The lowest BCUT2D eigenvalue weighted by molar-refractivity contribution is -0.144. The molecule has 0 fully saturated rings. The van der Waals surface area contributed by atoms with Gasteiger partial charge in [0, 0.05) is 18.2 Å². The van der Waals surface area contributed by atoms with Crippen LogP contribution in [0, 0.1) is 0 Å². The van der Waals surface area contributed by atoms with Crippen LogP contribution in [0.25, 0.3) is 0 Å². The highest BCUT2D eigenvalue weighted by Crippen LogP contribution is 2.23. The number of ketones is 1. The fourth-order valence-electron chi connectivity index (χ4n) is 1.50. The molecule has 0 amide bonds. The van der Waals surface area contributed by atoms with Crippen LogP contribution in [-0.2, 0) is 19.1 Å². The summed E-state index contributed by atoms with van der Waals surface area (Å²) in [5.74, 6) is -0.0454. The highest BCUT2D eigenvalue weighted by molar-refractivity contribution is 8.00. The Morgan fingerprint density at radius 2 is 1.95 bits per heavy atom. The number of ether oxygens (including phenoxy) is 2. The fraction of sp³-hybridized carbons (Fsp3) is 0.400. The minimum absolute atomic E-state index is 0.0223. The van der Waals surface area contributed by atoms with Crippen LogP contribution < -0.4 is 4.74 Å². The third kappa shape index (κ3) is 7.51. The molecule has 1 aromatic rings. The van der Waals surface area contributed by atoms with Gasteiger partial charge in [-0.2, -0.15) is 0 Å². The number of rotatable bonds is 8. The van der Waals surface area contributed by atoms with Gasteiger partial charge in [0.25, 0.3) is 0 Å². The first kappa shape index (κ1) is 17.2. The molecule has 6 heteroatoms. The first-order chi connectivity index (χ1) is 10.0. The highest BCUT2D eigenvalue weighted by atomic mass is 32.2. The van der Waals surface area contributed by atoms with Gasteiger partial charge >= 0.3 is 11.9 Å². The predicted molar refractivity (Wildman–Crippen MR) is 79.3 cm³/mol. The van der Waals surface area contributed by atoms with E-state index in [1.54, 1.807) is 25.1 Å². The van der Waals surface area contributed by atoms with Crippen molar-refractivity contribution in [2.75, 3.05) is 12.4 Å². The van der Waals surface area contributed by atoms with Crippen LogP contribution in [0.3, 0.4) is 0 Å². The molecule has 0 radical (unpaired) electrons. The molecule has 0 atom stereocenters. The third-order valence-corrected chi connectivity index (χ3v) is 3.43. The lowest BCUT2D eigenvalue weighted by atomic mass is 10.2. The van der Waals surface area contributed by atoms with Gasteiger partial charge in [0.15, 0.2) is 0 Å². The second kappa shape index (κ2) is 9.18. The molecule has 0 unspecified atom stereocenters. The number of carbonyl (C=O) groups is 3. The van der Waals surface area contributed by atoms with E-state index in [2.05, 4.69) is 0 Å². The molecule has 0 N–H and O–H groups in total. The number of benzene rings is 1. The van der Waals surface area contributed by atoms with Crippen LogP contribution in [-0.4, -0.2) is 30.1 Å². The molecule has 0 spiro atoms. The zero-order valence-electron chi connectivity index (χ0n) is 12.1. The average molecular weight is 310 g/mol. The molecule has 5 nitrogen and oxygen atoms in total. The molecule has 0 aliphatic carbocycles. The molecule has 114 valence electrons. The summed E-state index contributed by atoms with van der Waals surface area (Å²) in [6.45, 7) is 3.38. The molecule has 0 aromatic heterocycles. The van der Waals surface area contributed by atoms with E-state index in [9.17, 15) is 14.4 Å². The molecular formula is C15H18O5S. The maximum Gasteiger partial charge on any atom is 0.308 e. The van der Waals surface area contributed by atoms with Crippen molar-refractivity contribution in [1.82, 2.24) is 0 Å². The number of carbonyl (C=O) groups excluding carboxylic acids is 3. The Hall–Kier alpha value is -1.82. The molecule has 21 heavy (non-hydrogen) atoms. The van der Waals surface area contributed by atoms with Crippen molar-refractivity contribution in [3.05, 3.63) is 24.3 Å². The minimum atomic E-state index is -0.386. The standard InChI is InChI=1S/C15H18O5S/c1-3-19-15(18)8-7-12(17)10-21-14-6-4-5-13(9-14)20-11(2)16/h4-6,9H,3,7-8,10H2,1-2H3. The van der Waals surface area contributed by atoms with E-state index in [1.165, 1.54) is 18.7 Å². The van der Waals surface area contributed by atoms with Crippen LogP contribution in [0.15, 0.2) is 29.2 Å². The summed E-state index contributed by atoms with van der Waals surface area (Å²) >= 11 is 1.34. The topological polar surface area (TPSA) is 69.7 Å². The molecule has 1 aromatic carbocycles. The van der Waals surface area contributed by atoms with E-state index >= 15 is 0 Å². The summed E-state index contributed by atoms with van der Waals surface area (Å²) in [5, 5.41) is 0. The van der Waals surface area contributed by atoms with E-state index in [0.717, 1.165) is 4.90 Å². The number of Topliss-reactive ketones (excluding diaryl/α,β-unsaturated/α-hetero) is 1. The second-order valence-electron chi connectivity index (χ2n) is 4.20. The van der Waals surface area contributed by atoms with Crippen LogP contribution >= 0.6 is 11.8 Å². The van der Waals surface area contributed by atoms with E-state index in [1.807, 2.05) is 6.07 Å². The van der Waals surface area contributed by atoms with Crippen molar-refractivity contribution in [3.63, 3.8) is 0 Å². The Morgan fingerprint density at radius 3 is 2.62 bits per heavy atom. The Bertz CT molecular complexity index is 513. The van der Waals surface area contributed by atoms with Gasteiger partial charge < -0.3 is 9.47 Å². The van der Waals surface area contributed by atoms with E-state index in [4.69, 9.17) is 9.47 Å². The van der Waals surface area contributed by atoms with Gasteiger partial charge in [-0.05, 0) is 25.1 Å². The Labute approximate surface area is 128 Å². The summed E-state index contributed by atoms with van der Waals surface area (Å²) < 4.78 is 9.73. The smallest absolute Gasteiger partial charge is 0.308 e. The SMILES string of the molecule is CCOC(=O)CCC(=O)CSc1cccc(OC(C)=O)c1. The van der Waals surface area contributed by atoms with Crippen LogP contribution in [0.2, 0.25) is 0 Å². The summed E-state index contributed by atoms with van der Waals surface area (Å²) in [4.78, 5) is 34.5. The van der Waals surface area contributed by atoms with Crippen molar-refractivity contribution in [2.24, 2.45) is 0 Å². The van der Waals surface area contributed by atoms with Gasteiger partial charge in [-0.15, -0.1) is 11.8 Å². The van der Waals surface area contributed by atoms with Crippen LogP contribution in [0.5, 0.6) is 5.75 Å². The fourth-order valence-corrected chi connectivity index (χ4v) is 2.35. The summed E-state index contributed by atoms with van der Waals surface area (Å²) in [6.07, 6.45) is 0.288. The van der Waals surface area contributed by atoms with Crippen molar-refractivity contribution in [1.29, 1.82) is 0 Å². The van der Waals surface area contributed by atoms with Crippen molar-refractivity contribution in [3.8, 4) is 5.75 Å². The molecule has 0 aliphatic heterocycles. The van der Waals surface area contributed by atoms with Gasteiger partial charge in [0.1, 0.15) is 11.5 Å². The molecule has 0 bridgehead atoms. The molecule has 1 rings (SSSR count). The van der Waals surface area contributed by atoms with Crippen molar-refractivity contribution < 1.29 is 23.9 Å². The summed E-state index contributed by atoms with van der Waals surface area (Å²) in [5.41, 5.74) is 0. The minimum Gasteiger partial charge on any atom is -0.466 e. The van der Waals surface area contributed by atoms with Crippen molar-refractivity contribution in [2.45, 2.75) is 31.6 Å². The largest absolute Gasteiger partial charge is 0.466 e. The number of thioether (sulfide) groups is 1. The highest BCUT2D eigenvalue weighted by Gasteiger charge is 2.09. The predicted octanol–water partition coefficient (Wildman–Crippen LogP) is 2.62. The third-order valence-electron chi connectivity index (χ3n) is 2.38. The van der Waals surface area contributed by atoms with Crippen LogP contribution in [0.4, 0.5) is 0 Å². The van der Waals surface area contributed by atoms with E-state index in [-0.39, 0.29) is 36.3 Å². The number of hydrogen-bond acceptors (Lipinski definition) is 6. The van der Waals surface area contributed by atoms with Gasteiger partial charge in [0.2, 0.25) is 0 Å². The molecule has 0 aliphatic rings. The average Bonchev–Trinajstić information content (AvgIpc) is 2.43. The first-order valence-corrected chi connectivity index (χ1v) is 7.58. The Morgan fingerprint density at radius 1 is 1.19 bits per heavy atom. The Kier molecular flexibility index (Phi) is 7.53. The van der Waals surface area contributed by atoms with Gasteiger partial charge in [-0.1, -0.05) is 6.07 Å². The molecular weight excluding hydrogens is 292 g/mol. The van der Waals surface area contributed by atoms with Gasteiger partial charge in [0.05, 0.1) is 18.8 Å². The first-order valence-electron chi connectivity index (χ1n) is 6.60. The lowest BCUT2D eigenvalue weighted by Gasteiger charge is -2.05. The number of hydrogen-bond donors (Lipinski definition) is 0. The quantitative estimate of drug-likeness (QED) is 0.417. The summed E-state index contributed by atoms with van der Waals surface area (Å²) in [6, 6.07) is 6.96. The summed E-state index contributed by atoms with van der Waals surface area (Å²) in [7, 11) is 0. The molecule has 0 saturated carbocycles. The van der Waals surface area contributed by atoms with Gasteiger partial charge in [-0.3, -0.25) is 14.4 Å². The lowest BCUT2D eigenvalue weighted by Crippen LogP contribution is -2.09. The molecule has 0 saturated heterocycles. The maximum atomic E-state index is 11.7. The van der Waals surface area contributed by atoms with E-state index in [0.29, 0.717) is 12.4 Å². The normalized spacial score (nSPS) is 10.0. The monoisotopic (exact) mass is 310 g/mol. The number of esters is 2.